The van der Waals surface area contributed by atoms with Gasteiger partial charge in [0.15, 0.2) is 0 Å². The first-order valence-corrected chi connectivity index (χ1v) is 14.1. The van der Waals surface area contributed by atoms with E-state index < -0.39 is 29.8 Å². The second-order valence-electron chi connectivity index (χ2n) is 10.6. The van der Waals surface area contributed by atoms with Crippen LogP contribution in [0.3, 0.4) is 0 Å². The minimum atomic E-state index is -5.16. The predicted molar refractivity (Wildman–Crippen MR) is 164 cm³/mol. The zero-order valence-electron chi connectivity index (χ0n) is 24.1. The number of ether oxygens (including phenoxy) is 2. The van der Waals surface area contributed by atoms with Crippen molar-refractivity contribution < 1.29 is 35.8 Å². The molecule has 0 bridgehead atoms. The lowest BCUT2D eigenvalue weighted by molar-refractivity contribution is -0.275. The SMILES string of the molecule is N#CC(C#N)=C1c2cc(OC(F)(F)F)c(-c3nccc4ccccc34)cc2-c2cc(-c3nccc4ccccc34)c(OC(F)(F)F)cc21. The lowest BCUT2D eigenvalue weighted by Crippen LogP contribution is -2.18. The van der Waals surface area contributed by atoms with Crippen LogP contribution in [0.4, 0.5) is 26.3 Å². The van der Waals surface area contributed by atoms with Crippen LogP contribution in [0.2, 0.25) is 0 Å². The Bertz CT molecular complexity index is 2240. The maximum absolute atomic E-state index is 13.8. The Balaban J connectivity index is 1.59. The number of allylic oxidation sites excluding steroid dienone is 1. The zero-order valence-corrected chi connectivity index (χ0v) is 24.1. The summed E-state index contributed by atoms with van der Waals surface area (Å²) in [6.45, 7) is 0. The molecule has 48 heavy (non-hydrogen) atoms. The van der Waals surface area contributed by atoms with Gasteiger partial charge < -0.3 is 9.47 Å². The van der Waals surface area contributed by atoms with Crippen LogP contribution in [-0.2, 0) is 0 Å². The van der Waals surface area contributed by atoms with Crippen LogP contribution in [0.5, 0.6) is 11.5 Å². The first-order valence-electron chi connectivity index (χ1n) is 14.1. The predicted octanol–water partition coefficient (Wildman–Crippen LogP) is 9.74. The van der Waals surface area contributed by atoms with Crippen molar-refractivity contribution >= 4 is 27.1 Å². The fourth-order valence-electron chi connectivity index (χ4n) is 6.03. The Morgan fingerprint density at radius 3 is 1.35 bits per heavy atom. The molecule has 0 N–H and O–H groups in total. The molecule has 0 amide bonds. The van der Waals surface area contributed by atoms with E-state index in [0.29, 0.717) is 21.5 Å². The normalized spacial score (nSPS) is 12.3. The highest BCUT2D eigenvalue weighted by Crippen LogP contribution is 2.53. The summed E-state index contributed by atoms with van der Waals surface area (Å²) in [6, 6.07) is 25.3. The van der Waals surface area contributed by atoms with Crippen LogP contribution in [0.15, 0.2) is 103 Å². The lowest BCUT2D eigenvalue weighted by atomic mass is 9.95. The van der Waals surface area contributed by atoms with E-state index in [0.717, 1.165) is 12.1 Å². The number of halogens is 6. The van der Waals surface area contributed by atoms with E-state index in [2.05, 4.69) is 19.4 Å². The summed E-state index contributed by atoms with van der Waals surface area (Å²) >= 11 is 0. The number of nitriles is 2. The highest BCUT2D eigenvalue weighted by Gasteiger charge is 2.38. The Labute approximate surface area is 267 Å². The molecule has 0 atom stereocenters. The number of benzene rings is 4. The zero-order chi connectivity index (χ0) is 33.8. The second-order valence-corrected chi connectivity index (χ2v) is 10.6. The molecule has 2 heterocycles. The molecule has 7 rings (SSSR count). The number of hydrogen-bond donors (Lipinski definition) is 0. The van der Waals surface area contributed by atoms with Gasteiger partial charge in [-0.3, -0.25) is 9.97 Å². The third-order valence-corrected chi connectivity index (χ3v) is 7.85. The summed E-state index contributed by atoms with van der Waals surface area (Å²) in [7, 11) is 0. The van der Waals surface area contributed by atoms with Gasteiger partial charge in [-0.15, -0.1) is 26.3 Å². The number of hydrogen-bond acceptors (Lipinski definition) is 6. The average molecular weight is 651 g/mol. The van der Waals surface area contributed by atoms with Crippen molar-refractivity contribution in [2.75, 3.05) is 0 Å². The van der Waals surface area contributed by atoms with Gasteiger partial charge in [0.2, 0.25) is 0 Å². The average Bonchev–Trinajstić information content (AvgIpc) is 3.34. The maximum atomic E-state index is 13.8. The highest BCUT2D eigenvalue weighted by molar-refractivity contribution is 6.09. The first kappa shape index (κ1) is 30.3. The molecule has 0 aliphatic heterocycles. The minimum absolute atomic E-state index is 0.0349. The molecule has 0 spiro atoms. The fourth-order valence-corrected chi connectivity index (χ4v) is 6.03. The minimum Gasteiger partial charge on any atom is -0.405 e. The molecule has 1 aliphatic carbocycles. The van der Waals surface area contributed by atoms with E-state index in [1.807, 2.05) is 0 Å². The van der Waals surface area contributed by atoms with Crippen LogP contribution in [0.25, 0.3) is 60.8 Å². The molecule has 0 saturated heterocycles. The van der Waals surface area contributed by atoms with Crippen LogP contribution in [-0.4, -0.2) is 22.7 Å². The summed E-state index contributed by atoms with van der Waals surface area (Å²) in [4.78, 5) is 8.74. The molecule has 234 valence electrons. The van der Waals surface area contributed by atoms with Gasteiger partial charge in [-0.1, -0.05) is 48.5 Å². The number of nitrogens with zero attached hydrogens (tertiary/aromatic N) is 4. The van der Waals surface area contributed by atoms with Gasteiger partial charge in [0.05, 0.1) is 11.4 Å². The first-order chi connectivity index (χ1) is 23.0. The van der Waals surface area contributed by atoms with E-state index in [4.69, 9.17) is 0 Å². The number of pyridine rings is 2. The van der Waals surface area contributed by atoms with Gasteiger partial charge in [-0.2, -0.15) is 10.5 Å². The van der Waals surface area contributed by atoms with Crippen molar-refractivity contribution in [1.82, 2.24) is 9.97 Å². The summed E-state index contributed by atoms with van der Waals surface area (Å²) in [5, 5.41) is 22.1. The van der Waals surface area contributed by atoms with Gasteiger partial charge in [0.1, 0.15) is 29.2 Å². The molecule has 6 aromatic rings. The van der Waals surface area contributed by atoms with Crippen molar-refractivity contribution in [3.05, 3.63) is 114 Å². The largest absolute Gasteiger partial charge is 0.573 e. The molecule has 6 nitrogen and oxygen atoms in total. The number of fused-ring (bicyclic) bond motifs is 5. The standard InChI is InChI=1S/C36H16F6N4O2/c37-35(38,39)47-30-15-26-24(13-28(30)33-22-7-3-1-5-19(22)9-11-45-33)25-14-29(34-23-8-4-2-6-20(23)10-12-46-34)31(48-36(40,41)42)16-27(25)32(26)21(17-43)18-44/h1-16H. The molecule has 1 aliphatic rings. The van der Waals surface area contributed by atoms with Gasteiger partial charge in [0, 0.05) is 39.9 Å². The van der Waals surface area contributed by atoms with Gasteiger partial charge in [-0.05, 0) is 69.4 Å². The Kier molecular flexibility index (Phi) is 7.02. The van der Waals surface area contributed by atoms with Crippen molar-refractivity contribution in [2.24, 2.45) is 0 Å². The van der Waals surface area contributed by atoms with Crippen LogP contribution < -0.4 is 9.47 Å². The Morgan fingerprint density at radius 2 is 0.958 bits per heavy atom. The smallest absolute Gasteiger partial charge is 0.405 e. The van der Waals surface area contributed by atoms with Crippen molar-refractivity contribution in [3.63, 3.8) is 0 Å². The number of alkyl halides is 6. The summed E-state index contributed by atoms with van der Waals surface area (Å²) in [6.07, 6.45) is -7.46. The van der Waals surface area contributed by atoms with Crippen LogP contribution >= 0.6 is 0 Å². The number of aromatic nitrogens is 2. The second kappa shape index (κ2) is 11.1. The quantitative estimate of drug-likeness (QED) is 0.139. The van der Waals surface area contributed by atoms with E-state index >= 15 is 0 Å². The third-order valence-electron chi connectivity index (χ3n) is 7.85. The van der Waals surface area contributed by atoms with Crippen LogP contribution in [0.1, 0.15) is 11.1 Å². The molecule has 4 aromatic carbocycles. The molecule has 0 unspecified atom stereocenters. The molecule has 0 radical (unpaired) electrons. The Morgan fingerprint density at radius 1 is 0.542 bits per heavy atom. The third kappa shape index (κ3) is 5.29. The van der Waals surface area contributed by atoms with E-state index in [1.165, 1.54) is 24.5 Å². The molecular formula is C36H16F6N4O2. The topological polar surface area (TPSA) is 91.8 Å². The lowest BCUT2D eigenvalue weighted by Gasteiger charge is -2.17. The fraction of sp³-hybridized carbons (Fsp3) is 0.0556. The highest BCUT2D eigenvalue weighted by atomic mass is 19.4. The summed E-state index contributed by atoms with van der Waals surface area (Å²) in [5.41, 5.74) is -0.219. The Hall–Kier alpha value is -6.40. The molecule has 12 heteroatoms. The monoisotopic (exact) mass is 650 g/mol. The summed E-state index contributed by atoms with van der Waals surface area (Å²) < 4.78 is 92.0. The van der Waals surface area contributed by atoms with Crippen molar-refractivity contribution in [1.29, 1.82) is 10.5 Å². The molecule has 2 aromatic heterocycles. The van der Waals surface area contributed by atoms with Gasteiger partial charge in [0.25, 0.3) is 0 Å². The van der Waals surface area contributed by atoms with Crippen LogP contribution in [0, 0.1) is 22.7 Å². The maximum Gasteiger partial charge on any atom is 0.573 e. The molecule has 0 fully saturated rings. The van der Waals surface area contributed by atoms with Gasteiger partial charge >= 0.3 is 12.7 Å². The van der Waals surface area contributed by atoms with Crippen molar-refractivity contribution in [2.45, 2.75) is 12.7 Å². The molecular weight excluding hydrogens is 634 g/mol. The van der Waals surface area contributed by atoms with E-state index in [9.17, 15) is 36.9 Å². The van der Waals surface area contributed by atoms with E-state index in [1.54, 1.807) is 72.8 Å². The number of rotatable bonds is 4. The van der Waals surface area contributed by atoms with E-state index in [-0.39, 0.29) is 50.3 Å². The van der Waals surface area contributed by atoms with Crippen molar-refractivity contribution in [3.8, 4) is 57.3 Å². The summed E-state index contributed by atoms with van der Waals surface area (Å²) in [5.74, 6) is -1.37. The molecule has 0 saturated carbocycles. The van der Waals surface area contributed by atoms with Gasteiger partial charge in [-0.25, -0.2) is 0 Å².